The molecule has 2 aliphatic heterocycles. The zero-order chi connectivity index (χ0) is 9.97. The molecule has 0 aromatic heterocycles. The van der Waals surface area contributed by atoms with Crippen molar-refractivity contribution >= 4 is 5.97 Å². The van der Waals surface area contributed by atoms with Crippen LogP contribution in [0.3, 0.4) is 0 Å². The van der Waals surface area contributed by atoms with E-state index in [1.807, 2.05) is 0 Å². The summed E-state index contributed by atoms with van der Waals surface area (Å²) in [7, 11) is 1.45. The Kier molecular flexibility index (Phi) is 3.03. The van der Waals surface area contributed by atoms with Gasteiger partial charge >= 0.3 is 5.97 Å². The summed E-state index contributed by atoms with van der Waals surface area (Å²) >= 11 is 0. The number of morpholine rings is 1. The average molecular weight is 199 g/mol. The van der Waals surface area contributed by atoms with Gasteiger partial charge in [-0.05, 0) is 18.8 Å². The van der Waals surface area contributed by atoms with Gasteiger partial charge in [0.25, 0.3) is 0 Å². The first-order valence-corrected chi connectivity index (χ1v) is 5.18. The van der Waals surface area contributed by atoms with Crippen LogP contribution in [0, 0.1) is 5.92 Å². The van der Waals surface area contributed by atoms with Crippen LogP contribution in [0.15, 0.2) is 0 Å². The molecular formula is C10H17NO3. The fourth-order valence-corrected chi connectivity index (χ4v) is 2.44. The van der Waals surface area contributed by atoms with Crippen LogP contribution in [-0.4, -0.2) is 38.4 Å². The molecule has 2 rings (SSSR count). The Morgan fingerprint density at radius 2 is 2.07 bits per heavy atom. The molecule has 2 aliphatic rings. The van der Waals surface area contributed by atoms with Crippen molar-refractivity contribution in [3.05, 3.63) is 0 Å². The summed E-state index contributed by atoms with van der Waals surface area (Å²) in [5, 5.41) is 3.50. The van der Waals surface area contributed by atoms with Gasteiger partial charge in [0.15, 0.2) is 0 Å². The van der Waals surface area contributed by atoms with Crippen molar-refractivity contribution in [1.82, 2.24) is 5.32 Å². The van der Waals surface area contributed by atoms with Crippen LogP contribution >= 0.6 is 0 Å². The van der Waals surface area contributed by atoms with Gasteiger partial charge in [0.2, 0.25) is 0 Å². The average Bonchev–Trinajstić information content (AvgIpc) is 2.17. The normalized spacial score (nSPS) is 36.5. The van der Waals surface area contributed by atoms with E-state index in [-0.39, 0.29) is 5.97 Å². The summed E-state index contributed by atoms with van der Waals surface area (Å²) in [6.07, 6.45) is 2.63. The van der Waals surface area contributed by atoms with Crippen LogP contribution in [0.2, 0.25) is 0 Å². The van der Waals surface area contributed by atoms with Crippen LogP contribution in [0.25, 0.3) is 0 Å². The van der Waals surface area contributed by atoms with Crippen molar-refractivity contribution < 1.29 is 14.3 Å². The zero-order valence-electron chi connectivity index (χ0n) is 8.49. The maximum atomic E-state index is 11.1. The molecule has 0 radical (unpaired) electrons. The van der Waals surface area contributed by atoms with E-state index in [1.165, 1.54) is 7.11 Å². The lowest BCUT2D eigenvalue weighted by Gasteiger charge is -2.39. The Hall–Kier alpha value is -0.610. The topological polar surface area (TPSA) is 47.6 Å². The van der Waals surface area contributed by atoms with Crippen molar-refractivity contribution in [3.8, 4) is 0 Å². The summed E-state index contributed by atoms with van der Waals surface area (Å²) in [6.45, 7) is 1.57. The summed E-state index contributed by atoms with van der Waals surface area (Å²) in [6, 6.07) is 0.884. The molecule has 0 aliphatic carbocycles. The van der Waals surface area contributed by atoms with Gasteiger partial charge in [-0.1, -0.05) is 0 Å². The molecule has 1 unspecified atom stereocenters. The van der Waals surface area contributed by atoms with Crippen molar-refractivity contribution in [2.75, 3.05) is 20.3 Å². The van der Waals surface area contributed by atoms with Gasteiger partial charge in [0.1, 0.15) is 0 Å². The van der Waals surface area contributed by atoms with Crippen LogP contribution in [0.1, 0.15) is 19.3 Å². The number of carbonyl (C=O) groups is 1. The third-order valence-corrected chi connectivity index (χ3v) is 3.03. The molecule has 0 aromatic carbocycles. The van der Waals surface area contributed by atoms with E-state index in [1.54, 1.807) is 0 Å². The largest absolute Gasteiger partial charge is 0.469 e. The second kappa shape index (κ2) is 4.28. The first kappa shape index (κ1) is 9.93. The van der Waals surface area contributed by atoms with Gasteiger partial charge in [-0.15, -0.1) is 0 Å². The Bertz CT molecular complexity index is 207. The lowest BCUT2D eigenvalue weighted by molar-refractivity contribution is -0.142. The van der Waals surface area contributed by atoms with Crippen LogP contribution in [0.4, 0.5) is 0 Å². The molecule has 0 spiro atoms. The Labute approximate surface area is 84.0 Å². The second-order valence-corrected chi connectivity index (χ2v) is 4.22. The minimum absolute atomic E-state index is 0.0871. The van der Waals surface area contributed by atoms with Gasteiger partial charge in [0.05, 0.1) is 20.3 Å². The van der Waals surface area contributed by atoms with E-state index in [2.05, 4.69) is 10.1 Å². The predicted molar refractivity (Wildman–Crippen MR) is 50.9 cm³/mol. The highest BCUT2D eigenvalue weighted by Crippen LogP contribution is 2.26. The fourth-order valence-electron chi connectivity index (χ4n) is 2.44. The van der Waals surface area contributed by atoms with Gasteiger partial charge in [-0.2, -0.15) is 0 Å². The summed E-state index contributed by atoms with van der Waals surface area (Å²) in [5.74, 6) is 0.387. The number of nitrogens with one attached hydrogen (secondary N) is 1. The maximum absolute atomic E-state index is 11.1. The highest BCUT2D eigenvalue weighted by molar-refractivity contribution is 5.69. The van der Waals surface area contributed by atoms with Crippen LogP contribution in [-0.2, 0) is 14.3 Å². The standard InChI is InChI=1S/C10H17NO3/c1-13-10(12)4-7-2-8-5-14-6-9(3-7)11-8/h7-9,11H,2-6H2,1H3/t7?,8-,9+. The van der Waals surface area contributed by atoms with Crippen LogP contribution < -0.4 is 5.32 Å². The number of methoxy groups -OCH3 is 1. The molecule has 4 heteroatoms. The van der Waals surface area contributed by atoms with E-state index in [9.17, 15) is 4.79 Å². The Balaban J connectivity index is 1.86. The highest BCUT2D eigenvalue weighted by atomic mass is 16.5. The predicted octanol–water partition coefficient (Wildman–Crippen LogP) is 0.316. The van der Waals surface area contributed by atoms with E-state index in [4.69, 9.17) is 4.74 Å². The van der Waals surface area contributed by atoms with Gasteiger partial charge in [0, 0.05) is 18.5 Å². The Morgan fingerprint density at radius 3 is 2.64 bits per heavy atom. The zero-order valence-corrected chi connectivity index (χ0v) is 8.49. The first-order chi connectivity index (χ1) is 6.78. The molecule has 14 heavy (non-hydrogen) atoms. The molecule has 80 valence electrons. The van der Waals surface area contributed by atoms with Gasteiger partial charge < -0.3 is 14.8 Å². The van der Waals surface area contributed by atoms with Crippen molar-refractivity contribution in [1.29, 1.82) is 0 Å². The summed E-state index contributed by atoms with van der Waals surface area (Å²) in [4.78, 5) is 11.1. The van der Waals surface area contributed by atoms with E-state index >= 15 is 0 Å². The van der Waals surface area contributed by atoms with Crippen LogP contribution in [0.5, 0.6) is 0 Å². The number of fused-ring (bicyclic) bond motifs is 2. The Morgan fingerprint density at radius 1 is 1.43 bits per heavy atom. The van der Waals surface area contributed by atoms with E-state index < -0.39 is 0 Å². The van der Waals surface area contributed by atoms with E-state index in [0.717, 1.165) is 26.1 Å². The number of ether oxygens (including phenoxy) is 2. The molecule has 2 fully saturated rings. The SMILES string of the molecule is COC(=O)CC1C[C@H]2COC[C@@H](C1)N2. The highest BCUT2D eigenvalue weighted by Gasteiger charge is 2.32. The monoisotopic (exact) mass is 199 g/mol. The smallest absolute Gasteiger partial charge is 0.305 e. The molecule has 0 amide bonds. The van der Waals surface area contributed by atoms with Crippen molar-refractivity contribution in [3.63, 3.8) is 0 Å². The van der Waals surface area contributed by atoms with Crippen molar-refractivity contribution in [2.24, 2.45) is 5.92 Å². The second-order valence-electron chi connectivity index (χ2n) is 4.22. The molecule has 3 atom stereocenters. The van der Waals surface area contributed by atoms with E-state index in [0.29, 0.717) is 24.4 Å². The third kappa shape index (κ3) is 2.25. The molecule has 2 bridgehead atoms. The summed E-state index contributed by atoms with van der Waals surface area (Å²) < 4.78 is 10.1. The summed E-state index contributed by atoms with van der Waals surface area (Å²) in [5.41, 5.74) is 0. The fraction of sp³-hybridized carbons (Fsp3) is 0.900. The number of carbonyl (C=O) groups excluding carboxylic acids is 1. The van der Waals surface area contributed by atoms with Gasteiger partial charge in [-0.25, -0.2) is 0 Å². The lowest BCUT2D eigenvalue weighted by Crippen LogP contribution is -2.54. The third-order valence-electron chi connectivity index (χ3n) is 3.03. The molecule has 0 aromatic rings. The number of hydrogen-bond donors (Lipinski definition) is 1. The quantitative estimate of drug-likeness (QED) is 0.650. The first-order valence-electron chi connectivity index (χ1n) is 5.18. The lowest BCUT2D eigenvalue weighted by atomic mass is 9.85. The molecule has 2 heterocycles. The molecule has 2 saturated heterocycles. The molecular weight excluding hydrogens is 182 g/mol. The van der Waals surface area contributed by atoms with Gasteiger partial charge in [-0.3, -0.25) is 4.79 Å². The minimum atomic E-state index is -0.0871. The number of hydrogen-bond acceptors (Lipinski definition) is 4. The molecule has 4 nitrogen and oxygen atoms in total. The number of esters is 1. The number of piperidine rings is 1. The number of rotatable bonds is 2. The molecule has 1 N–H and O–H groups in total. The minimum Gasteiger partial charge on any atom is -0.469 e. The van der Waals surface area contributed by atoms with Crippen molar-refractivity contribution in [2.45, 2.75) is 31.3 Å². The maximum Gasteiger partial charge on any atom is 0.305 e. The molecule has 0 saturated carbocycles.